The molecule has 0 saturated carbocycles. The van der Waals surface area contributed by atoms with Gasteiger partial charge in [0.1, 0.15) is 0 Å². The molecule has 0 atom stereocenters. The summed E-state index contributed by atoms with van der Waals surface area (Å²) in [5.74, 6) is 0. The summed E-state index contributed by atoms with van der Waals surface area (Å²) >= 11 is 0. The minimum atomic E-state index is -0.235. The van der Waals surface area contributed by atoms with E-state index in [4.69, 9.17) is 0 Å². The highest BCUT2D eigenvalue weighted by molar-refractivity contribution is 6.61. The molecule has 0 N–H and O–H groups in total. The minimum absolute atomic E-state index is 0.235. The van der Waals surface area contributed by atoms with Crippen molar-refractivity contribution >= 4 is 13.7 Å². The van der Waals surface area contributed by atoms with Crippen LogP contribution in [0.25, 0.3) is 0 Å². The minimum Gasteiger partial charge on any atom is -0.165 e. The Bertz CT molecular complexity index is 63.7. The summed E-state index contributed by atoms with van der Waals surface area (Å²) in [5, 5.41) is 2.88. The molecule has 0 heterocycles. The van der Waals surface area contributed by atoms with Gasteiger partial charge in [-0.15, -0.1) is 0 Å². The zero-order chi connectivity index (χ0) is 4.28. The van der Waals surface area contributed by atoms with Crippen LogP contribution >= 0.6 is 0 Å². The second kappa shape index (κ2) is 2.13. The van der Waals surface area contributed by atoms with Crippen LogP contribution in [0.5, 0.6) is 0 Å². The molecule has 0 aliphatic rings. The lowest BCUT2D eigenvalue weighted by atomic mass is 11.3. The highest BCUT2D eigenvalue weighted by Crippen LogP contribution is 1.51. The maximum Gasteiger partial charge on any atom is 0.0588 e. The van der Waals surface area contributed by atoms with E-state index in [2.05, 4.69) is 25.0 Å². The molecule has 0 bridgehead atoms. The van der Waals surface area contributed by atoms with Crippen LogP contribution in [-0.4, -0.2) is 13.7 Å². The molecule has 0 aliphatic carbocycles. The maximum atomic E-state index is 3.48. The van der Waals surface area contributed by atoms with Crippen molar-refractivity contribution in [2.75, 3.05) is 0 Å². The smallest absolute Gasteiger partial charge is 0.0588 e. The Morgan fingerprint density at radius 2 is 1.80 bits per heavy atom. The van der Waals surface area contributed by atoms with E-state index >= 15 is 0 Å². The Kier molecular flexibility index (Phi) is 2.07. The van der Waals surface area contributed by atoms with Gasteiger partial charge in [0.25, 0.3) is 0 Å². The standard InChI is InChI=1S/C4H8Si/c1-4-5(2)3/h1H2,2-3H3. The summed E-state index contributed by atoms with van der Waals surface area (Å²) in [4.78, 5) is 0. The average Bonchev–Trinajstić information content (AvgIpc) is 1.38. The molecule has 0 spiro atoms. The van der Waals surface area contributed by atoms with E-state index in [0.717, 1.165) is 0 Å². The Labute approximate surface area is 34.4 Å². The molecule has 1 heteroatoms. The zero-order valence-corrected chi connectivity index (χ0v) is 4.71. The maximum absolute atomic E-state index is 3.48. The molecule has 0 nitrogen and oxygen atoms in total. The summed E-state index contributed by atoms with van der Waals surface area (Å²) < 4.78 is 0. The molecule has 5 heavy (non-hydrogen) atoms. The average molecular weight is 84.2 g/mol. The van der Waals surface area contributed by atoms with Crippen molar-refractivity contribution < 1.29 is 0 Å². The second-order valence-corrected chi connectivity index (χ2v) is 3.53. The first kappa shape index (κ1) is 4.87. The van der Waals surface area contributed by atoms with Crippen LogP contribution in [0.1, 0.15) is 0 Å². The number of hydrogen-bond donors (Lipinski definition) is 0. The largest absolute Gasteiger partial charge is 0.165 e. The van der Waals surface area contributed by atoms with Crippen LogP contribution in [0.15, 0.2) is 6.58 Å². The van der Waals surface area contributed by atoms with E-state index in [1.165, 1.54) is 0 Å². The topological polar surface area (TPSA) is 0 Å². The quantitative estimate of drug-likeness (QED) is 0.383. The Morgan fingerprint density at radius 3 is 1.80 bits per heavy atom. The van der Waals surface area contributed by atoms with Gasteiger partial charge in [-0.3, -0.25) is 0 Å². The predicted molar refractivity (Wildman–Crippen MR) is 28.1 cm³/mol. The Morgan fingerprint density at radius 1 is 1.60 bits per heavy atom. The van der Waals surface area contributed by atoms with E-state index in [9.17, 15) is 0 Å². The second-order valence-electron chi connectivity index (χ2n) is 1.18. The summed E-state index contributed by atoms with van der Waals surface area (Å²) in [5.41, 5.74) is 0. The highest BCUT2D eigenvalue weighted by Gasteiger charge is 1.61. The predicted octanol–water partition coefficient (Wildman–Crippen LogP) is 0.910. The molecule has 0 aliphatic heterocycles. The lowest BCUT2D eigenvalue weighted by Gasteiger charge is -1.63. The molecule has 0 aromatic carbocycles. The third-order valence-corrected chi connectivity index (χ3v) is 1.06. The van der Waals surface area contributed by atoms with Gasteiger partial charge < -0.3 is 0 Å². The van der Waals surface area contributed by atoms with Crippen LogP contribution in [0.2, 0.25) is 13.1 Å². The van der Waals surface area contributed by atoms with Crippen LogP contribution < -0.4 is 0 Å². The fraction of sp³-hybridized carbons (Fsp3) is 0.500. The van der Waals surface area contributed by atoms with Gasteiger partial charge in [-0.25, -0.2) is 0 Å². The molecular formula is C4H8Si. The summed E-state index contributed by atoms with van der Waals surface area (Å²) in [6, 6.07) is 0. The molecule has 0 rings (SSSR count). The van der Waals surface area contributed by atoms with Gasteiger partial charge in [0.05, 0.1) is 8.41 Å². The first-order valence-electron chi connectivity index (χ1n) is 1.60. The van der Waals surface area contributed by atoms with Crippen molar-refractivity contribution in [2.24, 2.45) is 0 Å². The van der Waals surface area contributed by atoms with Crippen molar-refractivity contribution in [3.8, 4) is 0 Å². The van der Waals surface area contributed by atoms with Crippen LogP contribution in [0, 0.1) is 0 Å². The fourth-order valence-electron chi connectivity index (χ4n) is 0. The number of hydrogen-bond acceptors (Lipinski definition) is 0. The third kappa shape index (κ3) is 3.87. The van der Waals surface area contributed by atoms with Crippen molar-refractivity contribution in [3.63, 3.8) is 0 Å². The lowest BCUT2D eigenvalue weighted by Crippen LogP contribution is -1.78. The molecule has 0 aromatic heterocycles. The van der Waals surface area contributed by atoms with Gasteiger partial charge in [-0.05, 0) is 13.1 Å². The first-order chi connectivity index (χ1) is 2.27. The van der Waals surface area contributed by atoms with Gasteiger partial charge in [0.15, 0.2) is 0 Å². The Balaban J connectivity index is 3.60. The summed E-state index contributed by atoms with van der Waals surface area (Å²) in [6.45, 7) is 7.78. The zero-order valence-electron chi connectivity index (χ0n) is 3.71. The normalized spacial score (nSPS) is 6.00. The number of rotatable bonds is 0. The van der Waals surface area contributed by atoms with Crippen molar-refractivity contribution in [2.45, 2.75) is 13.1 Å². The van der Waals surface area contributed by atoms with Gasteiger partial charge >= 0.3 is 0 Å². The van der Waals surface area contributed by atoms with E-state index < -0.39 is 0 Å². The Hall–Kier alpha value is -0.133. The van der Waals surface area contributed by atoms with Crippen molar-refractivity contribution in [1.29, 1.82) is 0 Å². The van der Waals surface area contributed by atoms with Crippen molar-refractivity contribution in [3.05, 3.63) is 6.58 Å². The molecular weight excluding hydrogens is 76.1 g/mol. The molecule has 0 fully saturated rings. The molecule has 28 valence electrons. The SMILES string of the molecule is C=C=[Si](C)C. The van der Waals surface area contributed by atoms with E-state index in [1.54, 1.807) is 0 Å². The summed E-state index contributed by atoms with van der Waals surface area (Å²) in [6.07, 6.45) is 0. The van der Waals surface area contributed by atoms with Crippen LogP contribution in [0.3, 0.4) is 0 Å². The van der Waals surface area contributed by atoms with Gasteiger partial charge in [0, 0.05) is 0 Å². The van der Waals surface area contributed by atoms with Gasteiger partial charge in [-0.2, -0.15) is 5.33 Å². The van der Waals surface area contributed by atoms with Crippen LogP contribution in [-0.2, 0) is 0 Å². The van der Waals surface area contributed by atoms with E-state index in [0.29, 0.717) is 0 Å². The van der Waals surface area contributed by atoms with Crippen LogP contribution in [0.4, 0.5) is 0 Å². The lowest BCUT2D eigenvalue weighted by molar-refractivity contribution is 2.11. The molecule has 0 amide bonds. The first-order valence-corrected chi connectivity index (χ1v) is 4.10. The van der Waals surface area contributed by atoms with Crippen molar-refractivity contribution in [1.82, 2.24) is 0 Å². The van der Waals surface area contributed by atoms with E-state index in [1.807, 2.05) is 0 Å². The molecule has 0 unspecified atom stereocenters. The monoisotopic (exact) mass is 84.0 g/mol. The van der Waals surface area contributed by atoms with E-state index in [-0.39, 0.29) is 8.41 Å². The summed E-state index contributed by atoms with van der Waals surface area (Å²) in [7, 11) is -0.235. The highest BCUT2D eigenvalue weighted by atomic mass is 28.2. The fourth-order valence-corrected chi connectivity index (χ4v) is 0. The molecule has 0 radical (unpaired) electrons. The molecule has 0 saturated heterocycles. The third-order valence-electron chi connectivity index (χ3n) is 0.354. The molecule has 0 aromatic rings. The van der Waals surface area contributed by atoms with Gasteiger partial charge in [0.2, 0.25) is 0 Å². The van der Waals surface area contributed by atoms with Gasteiger partial charge in [-0.1, -0.05) is 6.58 Å².